The zero-order valence-electron chi connectivity index (χ0n) is 19.6. The molecule has 0 atom stereocenters. The van der Waals surface area contributed by atoms with Crippen LogP contribution in [-0.2, 0) is 6.54 Å². The molecule has 0 aliphatic heterocycles. The van der Waals surface area contributed by atoms with Crippen LogP contribution >= 0.6 is 0 Å². The molecule has 0 bridgehead atoms. The molecule has 2 aromatic heterocycles. The van der Waals surface area contributed by atoms with E-state index in [1.165, 1.54) is 6.07 Å². The lowest BCUT2D eigenvalue weighted by Gasteiger charge is -2.21. The highest BCUT2D eigenvalue weighted by Crippen LogP contribution is 2.34. The number of aromatic nitrogens is 3. The number of nitro benzene ring substituents is 1. The van der Waals surface area contributed by atoms with Crippen LogP contribution < -0.4 is 10.1 Å². The number of hydrogen-bond donors (Lipinski definition) is 1. The van der Waals surface area contributed by atoms with E-state index < -0.39 is 4.92 Å². The van der Waals surface area contributed by atoms with Gasteiger partial charge in [-0.2, -0.15) is 5.10 Å². The predicted octanol–water partition coefficient (Wildman–Crippen LogP) is 5.79. The number of rotatable bonds is 7. The lowest BCUT2D eigenvalue weighted by atomic mass is 10.0. The number of anilines is 1. The summed E-state index contributed by atoms with van der Waals surface area (Å²) in [6.45, 7) is 6.76. The Hall–Kier alpha value is -4.20. The van der Waals surface area contributed by atoms with Gasteiger partial charge in [-0.05, 0) is 56.2 Å². The summed E-state index contributed by atoms with van der Waals surface area (Å²) in [4.78, 5) is 15.4. The summed E-state index contributed by atoms with van der Waals surface area (Å²) in [5.74, 6) is 1.54. The molecule has 0 radical (unpaired) electrons. The molecular formula is C26H27N5O3. The van der Waals surface area contributed by atoms with E-state index in [1.54, 1.807) is 25.4 Å². The van der Waals surface area contributed by atoms with Gasteiger partial charge >= 0.3 is 0 Å². The Bertz CT molecular complexity index is 1310. The third kappa shape index (κ3) is 5.40. The van der Waals surface area contributed by atoms with E-state index in [4.69, 9.17) is 9.84 Å². The highest BCUT2D eigenvalue weighted by Gasteiger charge is 2.18. The largest absolute Gasteiger partial charge is 0.497 e. The van der Waals surface area contributed by atoms with Gasteiger partial charge in [-0.25, -0.2) is 4.98 Å². The van der Waals surface area contributed by atoms with E-state index in [0.29, 0.717) is 17.8 Å². The van der Waals surface area contributed by atoms with Gasteiger partial charge in [0.25, 0.3) is 5.69 Å². The molecule has 0 spiro atoms. The first-order valence-corrected chi connectivity index (χ1v) is 10.9. The second kappa shape index (κ2) is 9.35. The number of nitrogens with zero attached hydrogens (tertiary/aromatic N) is 4. The lowest BCUT2D eigenvalue weighted by molar-refractivity contribution is -0.384. The summed E-state index contributed by atoms with van der Waals surface area (Å²) in [6, 6.07) is 18.3. The van der Waals surface area contributed by atoms with E-state index in [9.17, 15) is 10.1 Å². The van der Waals surface area contributed by atoms with Gasteiger partial charge in [-0.15, -0.1) is 0 Å². The molecule has 0 unspecified atom stereocenters. The first-order chi connectivity index (χ1) is 16.2. The summed E-state index contributed by atoms with van der Waals surface area (Å²) < 4.78 is 7.09. The number of ether oxygens (including phenoxy) is 1. The number of nitrogens with one attached hydrogen (secondary N) is 1. The third-order valence-corrected chi connectivity index (χ3v) is 5.17. The lowest BCUT2D eigenvalue weighted by Crippen LogP contribution is -2.26. The molecule has 0 aliphatic rings. The van der Waals surface area contributed by atoms with Crippen molar-refractivity contribution in [2.75, 3.05) is 12.4 Å². The van der Waals surface area contributed by atoms with Gasteiger partial charge in [-0.1, -0.05) is 24.3 Å². The van der Waals surface area contributed by atoms with E-state index in [-0.39, 0.29) is 11.2 Å². The standard InChI is InChI=1S/C26H27N5O3/c1-26(2,3)28-24-15-19(12-13-27-24)23-17-30(16-18-8-10-22(34-4)11-9-18)29-25(23)20-6-5-7-21(14-20)31(32)33/h5-15,17H,16H2,1-4H3,(H,27,28). The van der Waals surface area contributed by atoms with Crippen LogP contribution in [0.3, 0.4) is 0 Å². The highest BCUT2D eigenvalue weighted by atomic mass is 16.6. The van der Waals surface area contributed by atoms with E-state index in [1.807, 2.05) is 53.3 Å². The molecule has 8 heteroatoms. The molecule has 174 valence electrons. The Morgan fingerprint density at radius 3 is 2.50 bits per heavy atom. The molecule has 2 heterocycles. The van der Waals surface area contributed by atoms with Crippen LogP contribution in [0.2, 0.25) is 0 Å². The van der Waals surface area contributed by atoms with Crippen LogP contribution in [0.25, 0.3) is 22.4 Å². The molecule has 34 heavy (non-hydrogen) atoms. The number of methoxy groups -OCH3 is 1. The minimum Gasteiger partial charge on any atom is -0.497 e. The van der Waals surface area contributed by atoms with Crippen molar-refractivity contribution in [3.63, 3.8) is 0 Å². The van der Waals surface area contributed by atoms with Crippen LogP contribution in [0, 0.1) is 10.1 Å². The fourth-order valence-corrected chi connectivity index (χ4v) is 3.66. The molecule has 8 nitrogen and oxygen atoms in total. The Morgan fingerprint density at radius 1 is 1.06 bits per heavy atom. The number of hydrogen-bond acceptors (Lipinski definition) is 6. The second-order valence-electron chi connectivity index (χ2n) is 9.05. The van der Waals surface area contributed by atoms with Crippen LogP contribution in [0.4, 0.5) is 11.5 Å². The average Bonchev–Trinajstić information content (AvgIpc) is 3.22. The van der Waals surface area contributed by atoms with Gasteiger partial charge in [0, 0.05) is 41.2 Å². The first kappa shape index (κ1) is 23.0. The van der Waals surface area contributed by atoms with Crippen molar-refractivity contribution in [1.29, 1.82) is 0 Å². The smallest absolute Gasteiger partial charge is 0.270 e. The maximum Gasteiger partial charge on any atom is 0.270 e. The SMILES string of the molecule is COc1ccc(Cn2cc(-c3ccnc(NC(C)(C)C)c3)c(-c3cccc([N+](=O)[O-])c3)n2)cc1. The molecule has 2 aromatic carbocycles. The Balaban J connectivity index is 1.78. The number of benzene rings is 2. The molecule has 1 N–H and O–H groups in total. The zero-order chi connectivity index (χ0) is 24.3. The van der Waals surface area contributed by atoms with Gasteiger partial charge in [0.15, 0.2) is 0 Å². The molecule has 4 rings (SSSR count). The summed E-state index contributed by atoms with van der Waals surface area (Å²) in [7, 11) is 1.64. The molecule has 0 saturated heterocycles. The monoisotopic (exact) mass is 457 g/mol. The van der Waals surface area contributed by atoms with Crippen molar-refractivity contribution >= 4 is 11.5 Å². The maximum absolute atomic E-state index is 11.4. The average molecular weight is 458 g/mol. The third-order valence-electron chi connectivity index (χ3n) is 5.17. The Labute approximate surface area is 198 Å². The maximum atomic E-state index is 11.4. The van der Waals surface area contributed by atoms with Crippen LogP contribution in [0.5, 0.6) is 5.75 Å². The highest BCUT2D eigenvalue weighted by molar-refractivity contribution is 5.82. The fourth-order valence-electron chi connectivity index (χ4n) is 3.66. The van der Waals surface area contributed by atoms with Gasteiger partial charge in [-0.3, -0.25) is 14.8 Å². The fraction of sp³-hybridized carbons (Fsp3) is 0.231. The minimum atomic E-state index is -0.394. The Morgan fingerprint density at radius 2 is 1.82 bits per heavy atom. The molecule has 0 aliphatic carbocycles. The molecule has 4 aromatic rings. The van der Waals surface area contributed by atoms with E-state index >= 15 is 0 Å². The van der Waals surface area contributed by atoms with E-state index in [0.717, 1.165) is 28.3 Å². The van der Waals surface area contributed by atoms with Crippen molar-refractivity contribution in [3.05, 3.63) is 88.7 Å². The normalized spacial score (nSPS) is 11.3. The second-order valence-corrected chi connectivity index (χ2v) is 9.05. The van der Waals surface area contributed by atoms with Crippen molar-refractivity contribution in [2.24, 2.45) is 0 Å². The van der Waals surface area contributed by atoms with Crippen molar-refractivity contribution < 1.29 is 9.66 Å². The summed E-state index contributed by atoms with van der Waals surface area (Å²) in [6.07, 6.45) is 3.72. The van der Waals surface area contributed by atoms with Crippen molar-refractivity contribution in [2.45, 2.75) is 32.9 Å². The zero-order valence-corrected chi connectivity index (χ0v) is 19.6. The molecular weight excluding hydrogens is 430 g/mol. The predicted molar refractivity (Wildman–Crippen MR) is 133 cm³/mol. The number of non-ortho nitro benzene ring substituents is 1. The van der Waals surface area contributed by atoms with Crippen LogP contribution in [0.15, 0.2) is 73.1 Å². The molecule has 0 saturated carbocycles. The molecule has 0 amide bonds. The van der Waals surface area contributed by atoms with Gasteiger partial charge < -0.3 is 10.1 Å². The first-order valence-electron chi connectivity index (χ1n) is 10.9. The number of nitro groups is 1. The van der Waals surface area contributed by atoms with Gasteiger partial charge in [0.1, 0.15) is 17.3 Å². The van der Waals surface area contributed by atoms with Crippen molar-refractivity contribution in [1.82, 2.24) is 14.8 Å². The van der Waals surface area contributed by atoms with Crippen LogP contribution in [0.1, 0.15) is 26.3 Å². The summed E-state index contributed by atoms with van der Waals surface area (Å²) >= 11 is 0. The number of pyridine rings is 1. The van der Waals surface area contributed by atoms with E-state index in [2.05, 4.69) is 31.1 Å². The topological polar surface area (TPSA) is 95.1 Å². The van der Waals surface area contributed by atoms with Crippen LogP contribution in [-0.4, -0.2) is 32.3 Å². The van der Waals surface area contributed by atoms with Gasteiger partial charge in [0.2, 0.25) is 0 Å². The summed E-state index contributed by atoms with van der Waals surface area (Å²) in [5, 5.41) is 19.6. The summed E-state index contributed by atoms with van der Waals surface area (Å²) in [5.41, 5.74) is 4.08. The van der Waals surface area contributed by atoms with Gasteiger partial charge in [0.05, 0.1) is 18.6 Å². The minimum absolute atomic E-state index is 0.0259. The van der Waals surface area contributed by atoms with Crippen molar-refractivity contribution in [3.8, 4) is 28.1 Å². The Kier molecular flexibility index (Phi) is 6.32. The molecule has 0 fully saturated rings. The quantitative estimate of drug-likeness (QED) is 0.279.